The van der Waals surface area contributed by atoms with E-state index in [4.69, 9.17) is 9.47 Å². The maximum absolute atomic E-state index is 10.4. The SMILES string of the molecule is COc1cccc2c1OCC(O)C2N(C)Cc1ccccc1. The van der Waals surface area contributed by atoms with Crippen molar-refractivity contribution in [3.8, 4) is 11.5 Å². The molecule has 2 aromatic rings. The third kappa shape index (κ3) is 2.80. The van der Waals surface area contributed by atoms with Crippen LogP contribution in [0.3, 0.4) is 0 Å². The molecule has 0 aliphatic carbocycles. The number of hydrogen-bond acceptors (Lipinski definition) is 4. The highest BCUT2D eigenvalue weighted by Crippen LogP contribution is 2.41. The van der Waals surface area contributed by atoms with E-state index in [-0.39, 0.29) is 12.6 Å². The minimum absolute atomic E-state index is 0.112. The van der Waals surface area contributed by atoms with Gasteiger partial charge in [-0.3, -0.25) is 4.90 Å². The highest BCUT2D eigenvalue weighted by Gasteiger charge is 2.34. The minimum atomic E-state index is -0.562. The van der Waals surface area contributed by atoms with Gasteiger partial charge in [0.15, 0.2) is 11.5 Å². The van der Waals surface area contributed by atoms with Gasteiger partial charge in [-0.1, -0.05) is 42.5 Å². The standard InChI is InChI=1S/C18H21NO3/c1-19(11-13-7-4-3-5-8-13)17-14-9-6-10-16(21-2)18(14)22-12-15(17)20/h3-10,15,17,20H,11-12H2,1-2H3. The lowest BCUT2D eigenvalue weighted by Gasteiger charge is -2.37. The summed E-state index contributed by atoms with van der Waals surface area (Å²) in [7, 11) is 3.65. The Labute approximate surface area is 130 Å². The van der Waals surface area contributed by atoms with Crippen LogP contribution < -0.4 is 9.47 Å². The Morgan fingerprint density at radius 1 is 1.18 bits per heavy atom. The molecule has 4 heteroatoms. The molecule has 0 aromatic heterocycles. The van der Waals surface area contributed by atoms with Crippen molar-refractivity contribution < 1.29 is 14.6 Å². The van der Waals surface area contributed by atoms with E-state index in [0.29, 0.717) is 5.75 Å². The van der Waals surface area contributed by atoms with Gasteiger partial charge in [0.1, 0.15) is 12.7 Å². The second-order valence-corrected chi connectivity index (χ2v) is 5.60. The zero-order chi connectivity index (χ0) is 15.5. The van der Waals surface area contributed by atoms with Crippen LogP contribution in [-0.2, 0) is 6.54 Å². The molecule has 0 bridgehead atoms. The first-order valence-corrected chi connectivity index (χ1v) is 7.42. The normalized spacial score (nSPS) is 20.4. The molecule has 1 N–H and O–H groups in total. The van der Waals surface area contributed by atoms with E-state index in [2.05, 4.69) is 17.0 Å². The molecule has 116 valence electrons. The summed E-state index contributed by atoms with van der Waals surface area (Å²) in [4.78, 5) is 2.15. The zero-order valence-corrected chi connectivity index (χ0v) is 12.9. The number of methoxy groups -OCH3 is 1. The molecule has 0 saturated carbocycles. The molecule has 22 heavy (non-hydrogen) atoms. The first kappa shape index (κ1) is 14.9. The summed E-state index contributed by atoms with van der Waals surface area (Å²) < 4.78 is 11.1. The number of aliphatic hydroxyl groups excluding tert-OH is 1. The Bertz CT molecular complexity index is 629. The van der Waals surface area contributed by atoms with Crippen molar-refractivity contribution in [3.05, 3.63) is 59.7 Å². The number of para-hydroxylation sites is 1. The number of likely N-dealkylation sites (N-methyl/N-ethyl adjacent to an activating group) is 1. The summed E-state index contributed by atoms with van der Waals surface area (Å²) in [6.07, 6.45) is -0.562. The summed E-state index contributed by atoms with van der Waals surface area (Å²) in [6.45, 7) is 1.04. The van der Waals surface area contributed by atoms with Gasteiger partial charge >= 0.3 is 0 Å². The molecule has 2 atom stereocenters. The molecule has 0 saturated heterocycles. The number of hydrogen-bond donors (Lipinski definition) is 1. The van der Waals surface area contributed by atoms with Crippen molar-refractivity contribution in [2.75, 3.05) is 20.8 Å². The summed E-state index contributed by atoms with van der Waals surface area (Å²) in [5, 5.41) is 10.4. The molecule has 4 nitrogen and oxygen atoms in total. The average Bonchev–Trinajstić information content (AvgIpc) is 2.54. The monoisotopic (exact) mass is 299 g/mol. The van der Waals surface area contributed by atoms with Gasteiger partial charge in [0, 0.05) is 12.1 Å². The third-order valence-corrected chi connectivity index (χ3v) is 4.06. The fourth-order valence-corrected chi connectivity index (χ4v) is 3.05. The van der Waals surface area contributed by atoms with E-state index in [1.807, 2.05) is 43.4 Å². The van der Waals surface area contributed by atoms with Crippen LogP contribution in [0.1, 0.15) is 17.2 Å². The summed E-state index contributed by atoms with van der Waals surface area (Å²) in [5.74, 6) is 1.45. The first-order chi connectivity index (χ1) is 10.7. The van der Waals surface area contributed by atoms with Gasteiger partial charge in [0.2, 0.25) is 0 Å². The fraction of sp³-hybridized carbons (Fsp3) is 0.333. The Hall–Kier alpha value is -2.04. The van der Waals surface area contributed by atoms with Gasteiger partial charge in [-0.05, 0) is 18.7 Å². The van der Waals surface area contributed by atoms with Crippen LogP contribution in [0.5, 0.6) is 11.5 Å². The quantitative estimate of drug-likeness (QED) is 0.942. The lowest BCUT2D eigenvalue weighted by atomic mass is 9.96. The maximum atomic E-state index is 10.4. The summed E-state index contributed by atoms with van der Waals surface area (Å²) >= 11 is 0. The topological polar surface area (TPSA) is 41.9 Å². The Morgan fingerprint density at radius 3 is 2.68 bits per heavy atom. The van der Waals surface area contributed by atoms with Crippen molar-refractivity contribution in [3.63, 3.8) is 0 Å². The molecule has 2 aromatic carbocycles. The van der Waals surface area contributed by atoms with Crippen LogP contribution in [0.25, 0.3) is 0 Å². The molecule has 2 unspecified atom stereocenters. The average molecular weight is 299 g/mol. The van der Waals surface area contributed by atoms with Crippen LogP contribution in [-0.4, -0.2) is 36.9 Å². The van der Waals surface area contributed by atoms with E-state index in [1.165, 1.54) is 5.56 Å². The third-order valence-electron chi connectivity index (χ3n) is 4.06. The van der Waals surface area contributed by atoms with E-state index in [9.17, 15) is 5.11 Å². The van der Waals surface area contributed by atoms with Gasteiger partial charge in [0.25, 0.3) is 0 Å². The molecule has 1 aliphatic heterocycles. The number of benzene rings is 2. The smallest absolute Gasteiger partial charge is 0.166 e. The van der Waals surface area contributed by atoms with Gasteiger partial charge in [-0.2, -0.15) is 0 Å². The predicted octanol–water partition coefficient (Wildman–Crippen LogP) is 2.62. The lowest BCUT2D eigenvalue weighted by molar-refractivity contribution is 0.00581. The molecule has 1 aliphatic rings. The second kappa shape index (κ2) is 6.38. The number of rotatable bonds is 4. The van der Waals surface area contributed by atoms with E-state index < -0.39 is 6.10 Å². The molecule has 0 spiro atoms. The van der Waals surface area contributed by atoms with Gasteiger partial charge in [0.05, 0.1) is 13.2 Å². The van der Waals surface area contributed by atoms with Crippen molar-refractivity contribution in [1.29, 1.82) is 0 Å². The molecule has 0 amide bonds. The van der Waals surface area contributed by atoms with Crippen molar-refractivity contribution in [2.45, 2.75) is 18.7 Å². The number of aliphatic hydroxyl groups is 1. The molecule has 3 rings (SSSR count). The summed E-state index contributed by atoms with van der Waals surface area (Å²) in [5.41, 5.74) is 2.18. The highest BCUT2D eigenvalue weighted by molar-refractivity contribution is 5.49. The van der Waals surface area contributed by atoms with Crippen molar-refractivity contribution in [2.24, 2.45) is 0 Å². The summed E-state index contributed by atoms with van der Waals surface area (Å²) in [6, 6.07) is 15.9. The van der Waals surface area contributed by atoms with Gasteiger partial charge in [-0.25, -0.2) is 0 Å². The fourth-order valence-electron chi connectivity index (χ4n) is 3.05. The van der Waals surface area contributed by atoms with Gasteiger partial charge in [-0.15, -0.1) is 0 Å². The maximum Gasteiger partial charge on any atom is 0.166 e. The first-order valence-electron chi connectivity index (χ1n) is 7.42. The van der Waals surface area contributed by atoms with Crippen LogP contribution in [0.4, 0.5) is 0 Å². The zero-order valence-electron chi connectivity index (χ0n) is 12.9. The number of fused-ring (bicyclic) bond motifs is 1. The van der Waals surface area contributed by atoms with Crippen LogP contribution >= 0.6 is 0 Å². The molecule has 0 radical (unpaired) electrons. The predicted molar refractivity (Wildman–Crippen MR) is 85.1 cm³/mol. The van der Waals surface area contributed by atoms with Gasteiger partial charge < -0.3 is 14.6 Å². The lowest BCUT2D eigenvalue weighted by Crippen LogP contribution is -2.40. The Balaban J connectivity index is 1.90. The van der Waals surface area contributed by atoms with Crippen LogP contribution in [0.2, 0.25) is 0 Å². The molecular formula is C18H21NO3. The molecule has 1 heterocycles. The largest absolute Gasteiger partial charge is 0.493 e. The Morgan fingerprint density at radius 2 is 1.95 bits per heavy atom. The second-order valence-electron chi connectivity index (χ2n) is 5.60. The van der Waals surface area contributed by atoms with E-state index in [1.54, 1.807) is 7.11 Å². The number of nitrogens with zero attached hydrogens (tertiary/aromatic N) is 1. The van der Waals surface area contributed by atoms with Crippen LogP contribution in [0.15, 0.2) is 48.5 Å². The van der Waals surface area contributed by atoms with E-state index in [0.717, 1.165) is 17.9 Å². The number of ether oxygens (including phenoxy) is 2. The Kier molecular flexibility index (Phi) is 4.32. The molecular weight excluding hydrogens is 278 g/mol. The van der Waals surface area contributed by atoms with Crippen LogP contribution in [0, 0.1) is 0 Å². The minimum Gasteiger partial charge on any atom is -0.493 e. The van der Waals surface area contributed by atoms with E-state index >= 15 is 0 Å². The highest BCUT2D eigenvalue weighted by atomic mass is 16.5. The van der Waals surface area contributed by atoms with Crippen molar-refractivity contribution >= 4 is 0 Å². The molecule has 0 fully saturated rings. The van der Waals surface area contributed by atoms with Crippen molar-refractivity contribution in [1.82, 2.24) is 4.90 Å².